The Hall–Kier alpha value is -1.11. The van der Waals surface area contributed by atoms with E-state index in [4.69, 9.17) is 4.74 Å². The summed E-state index contributed by atoms with van der Waals surface area (Å²) in [5.74, 6) is 0.799. The summed E-state index contributed by atoms with van der Waals surface area (Å²) >= 11 is 0. The smallest absolute Gasteiger partial charge is 0.216 e. The van der Waals surface area contributed by atoms with Crippen LogP contribution in [0.5, 0.6) is 5.88 Å². The minimum absolute atomic E-state index is 0.323. The molecule has 1 aromatic heterocycles. The first kappa shape index (κ1) is 16.3. The lowest BCUT2D eigenvalue weighted by Crippen LogP contribution is -2.36. The fourth-order valence-electron chi connectivity index (χ4n) is 3.01. The van der Waals surface area contributed by atoms with Crippen molar-refractivity contribution in [2.45, 2.75) is 38.8 Å². The molecule has 1 aliphatic rings. The zero-order valence-electron chi connectivity index (χ0n) is 13.4. The normalized spacial score (nSPS) is 17.3. The maximum absolute atomic E-state index is 10.1. The number of aliphatic hydroxyl groups is 1. The zero-order chi connectivity index (χ0) is 15.2. The van der Waals surface area contributed by atoms with E-state index in [0.29, 0.717) is 13.1 Å². The minimum atomic E-state index is -0.323. The number of aromatic nitrogens is 2. The molecule has 0 saturated carbocycles. The van der Waals surface area contributed by atoms with E-state index < -0.39 is 0 Å². The summed E-state index contributed by atoms with van der Waals surface area (Å²) in [4.78, 5) is 2.33. The minimum Gasteiger partial charge on any atom is -0.481 e. The molecule has 0 spiro atoms. The van der Waals surface area contributed by atoms with Crippen LogP contribution in [0.1, 0.15) is 31.0 Å². The molecule has 1 aliphatic heterocycles. The maximum Gasteiger partial charge on any atom is 0.216 e. The molecule has 1 atom stereocenters. The van der Waals surface area contributed by atoms with Gasteiger partial charge < -0.3 is 20.1 Å². The maximum atomic E-state index is 10.1. The van der Waals surface area contributed by atoms with Gasteiger partial charge in [-0.25, -0.2) is 4.68 Å². The van der Waals surface area contributed by atoms with Crippen LogP contribution in [0, 0.1) is 0 Å². The fourth-order valence-corrected chi connectivity index (χ4v) is 3.01. The van der Waals surface area contributed by atoms with Gasteiger partial charge >= 0.3 is 0 Å². The molecule has 2 rings (SSSR count). The number of nitrogens with one attached hydrogen (secondary N) is 1. The third-order valence-corrected chi connectivity index (χ3v) is 4.05. The van der Waals surface area contributed by atoms with Crippen LogP contribution in [0.3, 0.4) is 0 Å². The van der Waals surface area contributed by atoms with Crippen molar-refractivity contribution in [3.63, 3.8) is 0 Å². The molecule has 1 unspecified atom stereocenters. The van der Waals surface area contributed by atoms with Crippen molar-refractivity contribution >= 4 is 0 Å². The molecule has 120 valence electrons. The largest absolute Gasteiger partial charge is 0.481 e. The van der Waals surface area contributed by atoms with E-state index in [1.165, 1.54) is 12.8 Å². The van der Waals surface area contributed by atoms with E-state index in [1.54, 1.807) is 11.8 Å². The Morgan fingerprint density at radius 1 is 1.38 bits per heavy atom. The van der Waals surface area contributed by atoms with E-state index in [-0.39, 0.29) is 6.10 Å². The van der Waals surface area contributed by atoms with Crippen LogP contribution in [0.2, 0.25) is 0 Å². The summed E-state index contributed by atoms with van der Waals surface area (Å²) in [6.45, 7) is 6.36. The Kier molecular flexibility index (Phi) is 6.02. The third kappa shape index (κ3) is 4.18. The zero-order valence-corrected chi connectivity index (χ0v) is 13.4. The van der Waals surface area contributed by atoms with Crippen LogP contribution >= 0.6 is 0 Å². The highest BCUT2D eigenvalue weighted by Crippen LogP contribution is 2.21. The van der Waals surface area contributed by atoms with Gasteiger partial charge in [-0.05, 0) is 32.4 Å². The molecule has 0 aliphatic carbocycles. The summed E-state index contributed by atoms with van der Waals surface area (Å²) in [6, 6.07) is 0. The highest BCUT2D eigenvalue weighted by atomic mass is 16.5. The molecular formula is C15H28N4O2. The molecular weight excluding hydrogens is 268 g/mol. The van der Waals surface area contributed by atoms with Gasteiger partial charge in [-0.2, -0.15) is 5.10 Å². The monoisotopic (exact) mass is 296 g/mol. The average Bonchev–Trinajstić information content (AvgIpc) is 3.06. The molecule has 0 aromatic carbocycles. The predicted molar refractivity (Wildman–Crippen MR) is 82.5 cm³/mol. The van der Waals surface area contributed by atoms with E-state index in [2.05, 4.69) is 22.2 Å². The number of aryl methyl sites for hydroxylation is 2. The Morgan fingerprint density at radius 2 is 2.10 bits per heavy atom. The van der Waals surface area contributed by atoms with Gasteiger partial charge in [0, 0.05) is 26.7 Å². The van der Waals surface area contributed by atoms with Crippen molar-refractivity contribution in [3.8, 4) is 5.88 Å². The van der Waals surface area contributed by atoms with Crippen LogP contribution in [0.15, 0.2) is 0 Å². The Labute approximate surface area is 127 Å². The molecule has 2 N–H and O–H groups in total. The lowest BCUT2D eigenvalue weighted by Gasteiger charge is -2.19. The van der Waals surface area contributed by atoms with Crippen molar-refractivity contribution in [1.29, 1.82) is 0 Å². The first-order valence-electron chi connectivity index (χ1n) is 7.85. The number of ether oxygens (including phenoxy) is 1. The van der Waals surface area contributed by atoms with Crippen molar-refractivity contribution in [3.05, 3.63) is 11.3 Å². The first-order chi connectivity index (χ1) is 10.2. The summed E-state index contributed by atoms with van der Waals surface area (Å²) in [5, 5.41) is 17.9. The molecule has 6 nitrogen and oxygen atoms in total. The molecule has 1 aromatic rings. The molecule has 1 fully saturated rings. The summed E-state index contributed by atoms with van der Waals surface area (Å²) < 4.78 is 7.19. The number of aliphatic hydroxyl groups excluding tert-OH is 1. The lowest BCUT2D eigenvalue weighted by atomic mass is 10.2. The third-order valence-electron chi connectivity index (χ3n) is 4.05. The van der Waals surface area contributed by atoms with Crippen LogP contribution < -0.4 is 10.1 Å². The highest BCUT2D eigenvalue weighted by molar-refractivity contribution is 5.31. The van der Waals surface area contributed by atoms with Crippen molar-refractivity contribution in [1.82, 2.24) is 20.0 Å². The summed E-state index contributed by atoms with van der Waals surface area (Å²) in [7, 11) is 3.56. The van der Waals surface area contributed by atoms with Crippen LogP contribution in [-0.4, -0.2) is 59.2 Å². The van der Waals surface area contributed by atoms with E-state index >= 15 is 0 Å². The number of rotatable bonds is 8. The number of β-amino-alcohol motifs (C(OH)–C–C–N with tert-alkyl or cyclic N) is 1. The molecule has 21 heavy (non-hydrogen) atoms. The Morgan fingerprint density at radius 3 is 2.71 bits per heavy atom. The standard InChI is InChI=1S/C15H28N4O2/c1-4-14-13(15(21-3)18(2)17-14)10-16-9-12(20)11-19-7-5-6-8-19/h12,16,20H,4-11H2,1-3H3. The second kappa shape index (κ2) is 7.77. The summed E-state index contributed by atoms with van der Waals surface area (Å²) in [6.07, 6.45) is 3.07. The average molecular weight is 296 g/mol. The SMILES string of the molecule is CCc1nn(C)c(OC)c1CNCC(O)CN1CCCC1. The Balaban J connectivity index is 1.82. The number of hydrogen-bond donors (Lipinski definition) is 2. The lowest BCUT2D eigenvalue weighted by molar-refractivity contribution is 0.123. The van der Waals surface area contributed by atoms with Gasteiger partial charge in [0.25, 0.3) is 0 Å². The molecule has 0 bridgehead atoms. The van der Waals surface area contributed by atoms with Gasteiger partial charge in [-0.15, -0.1) is 0 Å². The number of nitrogens with zero attached hydrogens (tertiary/aromatic N) is 3. The second-order valence-corrected chi connectivity index (χ2v) is 5.70. The van der Waals surface area contributed by atoms with E-state index in [9.17, 15) is 5.11 Å². The number of methoxy groups -OCH3 is 1. The van der Waals surface area contributed by atoms with Gasteiger partial charge in [-0.1, -0.05) is 6.92 Å². The van der Waals surface area contributed by atoms with Crippen LogP contribution in [-0.2, 0) is 20.0 Å². The van der Waals surface area contributed by atoms with Gasteiger partial charge in [0.1, 0.15) is 0 Å². The van der Waals surface area contributed by atoms with Gasteiger partial charge in [0.15, 0.2) is 0 Å². The first-order valence-corrected chi connectivity index (χ1v) is 7.85. The molecule has 1 saturated heterocycles. The highest BCUT2D eigenvalue weighted by Gasteiger charge is 2.17. The summed E-state index contributed by atoms with van der Waals surface area (Å²) in [5.41, 5.74) is 2.15. The van der Waals surface area contributed by atoms with Crippen molar-refractivity contribution < 1.29 is 9.84 Å². The molecule has 0 amide bonds. The van der Waals surface area contributed by atoms with Gasteiger partial charge in [0.2, 0.25) is 5.88 Å². The Bertz CT molecular complexity index is 441. The molecule has 6 heteroatoms. The van der Waals surface area contributed by atoms with Crippen LogP contribution in [0.4, 0.5) is 0 Å². The van der Waals surface area contributed by atoms with Crippen molar-refractivity contribution in [2.24, 2.45) is 7.05 Å². The number of likely N-dealkylation sites (tertiary alicyclic amines) is 1. The quantitative estimate of drug-likeness (QED) is 0.733. The van der Waals surface area contributed by atoms with E-state index in [1.807, 2.05) is 7.05 Å². The van der Waals surface area contributed by atoms with Crippen LogP contribution in [0.25, 0.3) is 0 Å². The van der Waals surface area contributed by atoms with Gasteiger partial charge in [0.05, 0.1) is 24.5 Å². The second-order valence-electron chi connectivity index (χ2n) is 5.70. The predicted octanol–water partition coefficient (Wildman–Crippen LogP) is 0.537. The molecule has 2 heterocycles. The van der Waals surface area contributed by atoms with E-state index in [0.717, 1.165) is 43.2 Å². The topological polar surface area (TPSA) is 62.6 Å². The fraction of sp³-hybridized carbons (Fsp3) is 0.800. The van der Waals surface area contributed by atoms with Crippen molar-refractivity contribution in [2.75, 3.05) is 33.3 Å². The van der Waals surface area contributed by atoms with Gasteiger partial charge in [-0.3, -0.25) is 0 Å². The molecule has 0 radical (unpaired) electrons. The number of hydrogen-bond acceptors (Lipinski definition) is 5.